The molecule has 5 rings (SSSR count). The Kier molecular flexibility index (Phi) is 8.66. The Bertz CT molecular complexity index is 1360. The number of benzene rings is 1. The van der Waals surface area contributed by atoms with Gasteiger partial charge in [-0.05, 0) is 50.6 Å². The van der Waals surface area contributed by atoms with Crippen LogP contribution in [-0.4, -0.2) is 77.3 Å². The SMILES string of the molecule is CN1CCc2nc(C(=O)NC3CC(C(=O)N(C)C)CCC3NC(=O)c3cc4cc(Cl)ccc4[nH]3)sc2C1.Cl. The van der Waals surface area contributed by atoms with Crippen molar-refractivity contribution in [2.75, 3.05) is 27.7 Å². The van der Waals surface area contributed by atoms with Gasteiger partial charge in [0.05, 0.1) is 11.7 Å². The highest BCUT2D eigenvalue weighted by Gasteiger charge is 2.37. The van der Waals surface area contributed by atoms with Crippen LogP contribution in [0.1, 0.15) is 50.1 Å². The van der Waals surface area contributed by atoms with Crippen molar-refractivity contribution in [1.29, 1.82) is 0 Å². The number of fused-ring (bicyclic) bond motifs is 2. The molecule has 1 aliphatic heterocycles. The van der Waals surface area contributed by atoms with Crippen LogP contribution in [-0.2, 0) is 17.8 Å². The summed E-state index contributed by atoms with van der Waals surface area (Å²) in [7, 11) is 5.54. The summed E-state index contributed by atoms with van der Waals surface area (Å²) in [5.74, 6) is -0.711. The lowest BCUT2D eigenvalue weighted by atomic mass is 9.81. The fourth-order valence-electron chi connectivity index (χ4n) is 5.21. The number of nitrogens with one attached hydrogen (secondary N) is 3. The number of H-pyrrole nitrogens is 1. The maximum absolute atomic E-state index is 13.3. The predicted molar refractivity (Wildman–Crippen MR) is 151 cm³/mol. The molecule has 1 saturated carbocycles. The third-order valence-corrected chi connectivity index (χ3v) is 8.53. The van der Waals surface area contributed by atoms with E-state index in [0.717, 1.165) is 41.0 Å². The monoisotopic (exact) mass is 578 g/mol. The molecule has 2 aromatic heterocycles. The summed E-state index contributed by atoms with van der Waals surface area (Å²) in [6.45, 7) is 1.71. The lowest BCUT2D eigenvalue weighted by molar-refractivity contribution is -0.134. The van der Waals surface area contributed by atoms with Crippen molar-refractivity contribution in [3.05, 3.63) is 50.6 Å². The van der Waals surface area contributed by atoms with E-state index in [9.17, 15) is 14.4 Å². The van der Waals surface area contributed by atoms with Crippen molar-refractivity contribution in [2.24, 2.45) is 5.92 Å². The number of amides is 3. The molecule has 38 heavy (non-hydrogen) atoms. The standard InChI is InChI=1S/C26H31ClN6O3S.ClH/c1-32(2)26(36)14-4-6-18(29-23(34)21-12-15-10-16(27)5-7-17(15)28-21)20(11-14)30-24(35)25-31-19-8-9-33(3)13-22(19)37-25;/h5,7,10,12,14,18,20,28H,4,6,8-9,11,13H2,1-3H3,(H,29,34)(H,30,35);1H. The maximum atomic E-state index is 13.3. The smallest absolute Gasteiger partial charge is 0.280 e. The van der Waals surface area contributed by atoms with E-state index in [1.807, 2.05) is 6.07 Å². The van der Waals surface area contributed by atoms with Gasteiger partial charge in [0, 0.05) is 66.4 Å². The summed E-state index contributed by atoms with van der Waals surface area (Å²) in [5, 5.41) is 8.07. The second-order valence-electron chi connectivity index (χ2n) is 10.2. The minimum absolute atomic E-state index is 0. The van der Waals surface area contributed by atoms with Crippen LogP contribution < -0.4 is 10.6 Å². The Balaban J connectivity index is 0.00000336. The van der Waals surface area contributed by atoms with Gasteiger partial charge in [-0.2, -0.15) is 0 Å². The molecule has 1 aliphatic carbocycles. The number of nitrogens with zero attached hydrogens (tertiary/aromatic N) is 3. The topological polar surface area (TPSA) is 110 Å². The van der Waals surface area contributed by atoms with Crippen molar-refractivity contribution >= 4 is 64.0 Å². The van der Waals surface area contributed by atoms with Gasteiger partial charge in [0.2, 0.25) is 5.91 Å². The number of rotatable bonds is 5. The van der Waals surface area contributed by atoms with E-state index in [1.54, 1.807) is 37.2 Å². The first kappa shape index (κ1) is 28.4. The molecular weight excluding hydrogens is 547 g/mol. The number of aromatic amines is 1. The number of likely N-dealkylation sites (N-methyl/N-ethyl adjacent to an activating group) is 1. The normalized spacial score (nSPS) is 21.3. The number of hydrogen-bond donors (Lipinski definition) is 3. The van der Waals surface area contributed by atoms with E-state index in [1.165, 1.54) is 11.3 Å². The van der Waals surface area contributed by atoms with Crippen molar-refractivity contribution in [2.45, 2.75) is 44.3 Å². The fraction of sp³-hybridized carbons (Fsp3) is 0.462. The van der Waals surface area contributed by atoms with E-state index in [-0.39, 0.29) is 42.1 Å². The van der Waals surface area contributed by atoms with Gasteiger partial charge in [-0.15, -0.1) is 23.7 Å². The molecule has 3 aromatic rings. The van der Waals surface area contributed by atoms with Gasteiger partial charge in [0.25, 0.3) is 11.8 Å². The molecule has 12 heteroatoms. The van der Waals surface area contributed by atoms with Gasteiger partial charge < -0.3 is 25.4 Å². The van der Waals surface area contributed by atoms with Gasteiger partial charge >= 0.3 is 0 Å². The lowest BCUT2D eigenvalue weighted by Gasteiger charge is -2.37. The molecule has 1 aromatic carbocycles. The zero-order valence-corrected chi connectivity index (χ0v) is 23.9. The number of hydrogen-bond acceptors (Lipinski definition) is 6. The van der Waals surface area contributed by atoms with Crippen molar-refractivity contribution in [3.8, 4) is 0 Å². The van der Waals surface area contributed by atoms with E-state index in [2.05, 4.69) is 32.5 Å². The largest absolute Gasteiger partial charge is 0.351 e. The Morgan fingerprint density at radius 3 is 2.66 bits per heavy atom. The molecule has 1 fully saturated rings. The van der Waals surface area contributed by atoms with Crippen molar-refractivity contribution in [3.63, 3.8) is 0 Å². The fourth-order valence-corrected chi connectivity index (χ4v) is 6.49. The highest BCUT2D eigenvalue weighted by atomic mass is 35.5. The van der Waals surface area contributed by atoms with Crippen LogP contribution in [0.3, 0.4) is 0 Å². The average molecular weight is 580 g/mol. The second-order valence-corrected chi connectivity index (χ2v) is 11.7. The Morgan fingerprint density at radius 2 is 1.89 bits per heavy atom. The quantitative estimate of drug-likeness (QED) is 0.429. The Morgan fingerprint density at radius 1 is 1.13 bits per heavy atom. The Labute approximate surface area is 236 Å². The molecule has 3 atom stereocenters. The van der Waals surface area contributed by atoms with E-state index >= 15 is 0 Å². The zero-order chi connectivity index (χ0) is 26.3. The van der Waals surface area contributed by atoms with Gasteiger partial charge in [0.15, 0.2) is 5.01 Å². The maximum Gasteiger partial charge on any atom is 0.280 e. The van der Waals surface area contributed by atoms with Crippen LogP contribution in [0, 0.1) is 5.92 Å². The van der Waals surface area contributed by atoms with Crippen LogP contribution >= 0.6 is 35.3 Å². The van der Waals surface area contributed by atoms with E-state index in [4.69, 9.17) is 11.6 Å². The van der Waals surface area contributed by atoms with Gasteiger partial charge in [-0.1, -0.05) is 11.6 Å². The molecular formula is C26H32Cl2N6O3S. The molecule has 3 amide bonds. The predicted octanol–water partition coefficient (Wildman–Crippen LogP) is 3.47. The Hall–Kier alpha value is -2.66. The zero-order valence-electron chi connectivity index (χ0n) is 21.5. The summed E-state index contributed by atoms with van der Waals surface area (Å²) in [4.78, 5) is 51.8. The molecule has 0 bridgehead atoms. The number of aromatic nitrogens is 2. The molecule has 0 radical (unpaired) electrons. The minimum Gasteiger partial charge on any atom is -0.351 e. The molecule has 204 valence electrons. The molecule has 0 spiro atoms. The third kappa shape index (κ3) is 5.98. The molecule has 2 aliphatic rings. The van der Waals surface area contributed by atoms with Gasteiger partial charge in [-0.25, -0.2) is 4.98 Å². The number of thiazole rings is 1. The van der Waals surface area contributed by atoms with Crippen LogP contribution in [0.2, 0.25) is 5.02 Å². The van der Waals surface area contributed by atoms with Crippen LogP contribution in [0.15, 0.2) is 24.3 Å². The molecule has 3 heterocycles. The van der Waals surface area contributed by atoms with Crippen LogP contribution in [0.5, 0.6) is 0 Å². The first-order chi connectivity index (χ1) is 17.7. The number of carbonyl (C=O) groups is 3. The van der Waals surface area contributed by atoms with Crippen molar-refractivity contribution < 1.29 is 14.4 Å². The molecule has 0 saturated heterocycles. The number of carbonyl (C=O) groups excluding carboxylic acids is 3. The molecule has 3 N–H and O–H groups in total. The minimum atomic E-state index is -0.401. The van der Waals surface area contributed by atoms with Gasteiger partial charge in [-0.3, -0.25) is 14.4 Å². The van der Waals surface area contributed by atoms with Crippen LogP contribution in [0.4, 0.5) is 0 Å². The highest BCUT2D eigenvalue weighted by molar-refractivity contribution is 7.13. The van der Waals surface area contributed by atoms with Gasteiger partial charge in [0.1, 0.15) is 5.69 Å². The summed E-state index contributed by atoms with van der Waals surface area (Å²) < 4.78 is 0. The highest BCUT2D eigenvalue weighted by Crippen LogP contribution is 2.29. The lowest BCUT2D eigenvalue weighted by Crippen LogP contribution is -2.56. The summed E-state index contributed by atoms with van der Waals surface area (Å²) in [6.07, 6.45) is 2.48. The average Bonchev–Trinajstić information content (AvgIpc) is 3.48. The van der Waals surface area contributed by atoms with Crippen LogP contribution in [0.25, 0.3) is 10.9 Å². The van der Waals surface area contributed by atoms with E-state index < -0.39 is 6.04 Å². The second kappa shape index (κ2) is 11.6. The summed E-state index contributed by atoms with van der Waals surface area (Å²) >= 11 is 7.51. The van der Waals surface area contributed by atoms with Crippen molar-refractivity contribution in [1.82, 2.24) is 30.4 Å². The first-order valence-electron chi connectivity index (χ1n) is 12.5. The summed E-state index contributed by atoms with van der Waals surface area (Å²) in [5.41, 5.74) is 2.23. The summed E-state index contributed by atoms with van der Waals surface area (Å²) in [6, 6.07) is 6.45. The van der Waals surface area contributed by atoms with E-state index in [0.29, 0.717) is 35.0 Å². The molecule has 9 nitrogen and oxygen atoms in total. The molecule has 3 unspecified atom stereocenters. The number of halogens is 2. The third-order valence-electron chi connectivity index (χ3n) is 7.22. The first-order valence-corrected chi connectivity index (χ1v) is 13.7.